The summed E-state index contributed by atoms with van der Waals surface area (Å²) in [7, 11) is 0. The van der Waals surface area contributed by atoms with Gasteiger partial charge < -0.3 is 49.1 Å². The quantitative estimate of drug-likeness (QED) is 0.0744. The van der Waals surface area contributed by atoms with Crippen LogP contribution in [0.5, 0.6) is 11.5 Å². The first-order valence-electron chi connectivity index (χ1n) is 25.6. The molecule has 2 aromatic carbocycles. The molecule has 4 aliphatic heterocycles. The lowest BCUT2D eigenvalue weighted by Gasteiger charge is -2.34. The smallest absolute Gasteiger partial charge is 0.490 e. The van der Waals surface area contributed by atoms with Crippen molar-refractivity contribution in [1.82, 2.24) is 29.8 Å². The average Bonchev–Trinajstić information content (AvgIpc) is 3.38. The van der Waals surface area contributed by atoms with Gasteiger partial charge in [0.2, 0.25) is 0 Å². The molecule has 2 N–H and O–H groups in total. The lowest BCUT2D eigenvalue weighted by atomic mass is 9.91. The number of nitrogens with zero attached hydrogens (tertiary/aromatic N) is 7. The number of piperidine rings is 2. The summed E-state index contributed by atoms with van der Waals surface area (Å²) in [4.78, 5) is 86.2. The zero-order chi connectivity index (χ0) is 54.1. The normalized spacial score (nSPS) is 16.8. The monoisotopic (exact) mass is 1040 g/mol. The van der Waals surface area contributed by atoms with Gasteiger partial charge in [0.1, 0.15) is 17.1 Å². The van der Waals surface area contributed by atoms with E-state index in [2.05, 4.69) is 15.0 Å². The van der Waals surface area contributed by atoms with Crippen LogP contribution in [0, 0.1) is 25.0 Å². The summed E-state index contributed by atoms with van der Waals surface area (Å²) < 4.78 is 48.5. The first kappa shape index (κ1) is 59.9. The van der Waals surface area contributed by atoms with Gasteiger partial charge in [-0.05, 0) is 121 Å². The van der Waals surface area contributed by atoms with Crippen molar-refractivity contribution in [3.63, 3.8) is 0 Å². The van der Waals surface area contributed by atoms with Crippen molar-refractivity contribution in [1.29, 1.82) is 0 Å². The molecule has 0 aliphatic carbocycles. The highest BCUT2D eigenvalue weighted by molar-refractivity contribution is 6.35. The number of aliphatic carboxylic acids is 1. The van der Waals surface area contributed by atoms with Gasteiger partial charge in [-0.1, -0.05) is 49.9 Å². The predicted molar refractivity (Wildman–Crippen MR) is 269 cm³/mol. The van der Waals surface area contributed by atoms with Crippen molar-refractivity contribution >= 4 is 47.1 Å². The minimum absolute atomic E-state index is 0.229. The summed E-state index contributed by atoms with van der Waals surface area (Å²) >= 11 is 0. The molecule has 4 aliphatic rings. The Morgan fingerprint density at radius 3 is 1.28 bits per heavy atom. The van der Waals surface area contributed by atoms with Gasteiger partial charge >= 0.3 is 41.9 Å². The van der Waals surface area contributed by atoms with Crippen LogP contribution < -0.4 is 14.8 Å². The van der Waals surface area contributed by atoms with Gasteiger partial charge in [-0.15, -0.1) is 0 Å². The Bertz CT molecular complexity index is 2200. The third-order valence-electron chi connectivity index (χ3n) is 13.0. The number of nitrogens with one attached hydrogen (secondary N) is 1. The fourth-order valence-corrected chi connectivity index (χ4v) is 8.78. The van der Waals surface area contributed by atoms with Gasteiger partial charge in [-0.25, -0.2) is 19.3 Å². The van der Waals surface area contributed by atoms with Crippen LogP contribution in [0.3, 0.4) is 0 Å². The number of carbonyl (C=O) groups excluding carboxylic acids is 5. The minimum atomic E-state index is -5.08. The number of rotatable bonds is 20. The predicted octanol–water partition coefficient (Wildman–Crippen LogP) is 7.97. The van der Waals surface area contributed by atoms with Crippen molar-refractivity contribution < 1.29 is 61.3 Å². The molecule has 18 nitrogen and oxygen atoms in total. The Balaban J connectivity index is 0.000000288. The van der Waals surface area contributed by atoms with E-state index in [1.165, 1.54) is 19.3 Å². The van der Waals surface area contributed by atoms with Crippen LogP contribution >= 0.6 is 0 Å². The topological polar surface area (TPSA) is 187 Å². The minimum Gasteiger partial charge on any atom is -0.494 e. The van der Waals surface area contributed by atoms with Crippen molar-refractivity contribution in [2.24, 2.45) is 11.8 Å². The van der Waals surface area contributed by atoms with E-state index in [1.807, 2.05) is 20.8 Å². The van der Waals surface area contributed by atoms with E-state index in [9.17, 15) is 37.1 Å². The molecule has 5 amide bonds. The molecular weight excluding hydrogens is 966 g/mol. The Kier molecular flexibility index (Phi) is 24.8. The zero-order valence-electron chi connectivity index (χ0n) is 43.0. The number of likely N-dealkylation sites (tertiary alicyclic amines) is 1. The summed E-state index contributed by atoms with van der Waals surface area (Å²) in [6.07, 6.45) is 6.75. The van der Waals surface area contributed by atoms with Crippen LogP contribution in [0.15, 0.2) is 48.5 Å². The average molecular weight is 1040 g/mol. The van der Waals surface area contributed by atoms with Crippen LogP contribution in [0.1, 0.15) is 97.8 Å². The fraction of sp³-hybridized carbons (Fsp3) is 0.623. The molecule has 74 heavy (non-hydrogen) atoms. The maximum absolute atomic E-state index is 12.6. The van der Waals surface area contributed by atoms with E-state index in [4.69, 9.17) is 37.3 Å². The van der Waals surface area contributed by atoms with Gasteiger partial charge in [-0.3, -0.25) is 19.2 Å². The standard InChI is InChI=1S/C28H40N4O5.C23H32N4O3.C2HF3O2/c1-28(2,3)37-27(35)32-17-13-22(14-18-32)8-5-6-15-30-19-20-31(26(34)25(30)33)16-7-21-36-24-11-9-23(29-4)10-12-24;1-24-20-6-8-21(9-7-20)30-18-4-15-27-17-16-26(22(28)23(27)29)14-3-2-5-19-10-12-25-13-11-19;3-2(4,5)1(6)7/h9-12,22H,5-8,13-21H2,1-3H3;6-9,19,25H,2-5,10-18H2;(H,6,7). The highest BCUT2D eigenvalue weighted by Gasteiger charge is 2.38. The Hall–Kier alpha value is -6.61. The Morgan fingerprint density at radius 1 is 0.595 bits per heavy atom. The van der Waals surface area contributed by atoms with Crippen molar-refractivity contribution in [3.8, 4) is 11.5 Å². The van der Waals surface area contributed by atoms with Crippen LogP contribution in [-0.2, 0) is 28.7 Å². The van der Waals surface area contributed by atoms with Gasteiger partial charge in [0.15, 0.2) is 11.4 Å². The number of carboxylic acid groups (broad SMARTS) is 1. The van der Waals surface area contributed by atoms with Crippen LogP contribution in [-0.4, -0.2) is 169 Å². The number of hydrogen-bond acceptors (Lipinski definition) is 10. The molecule has 0 atom stereocenters. The van der Waals surface area contributed by atoms with E-state index in [-0.39, 0.29) is 17.9 Å². The van der Waals surface area contributed by atoms with Crippen LogP contribution in [0.25, 0.3) is 9.69 Å². The van der Waals surface area contributed by atoms with E-state index in [0.717, 1.165) is 77.0 Å². The molecule has 406 valence electrons. The maximum Gasteiger partial charge on any atom is 0.490 e. The lowest BCUT2D eigenvalue weighted by molar-refractivity contribution is -0.192. The summed E-state index contributed by atoms with van der Waals surface area (Å²) in [5.41, 5.74) is 0.672. The molecular formula is C53H73F3N8O10. The molecule has 0 aromatic heterocycles. The molecule has 0 radical (unpaired) electrons. The number of amides is 5. The van der Waals surface area contributed by atoms with E-state index >= 15 is 0 Å². The number of benzene rings is 2. The molecule has 0 saturated carbocycles. The van der Waals surface area contributed by atoms with Crippen molar-refractivity contribution in [2.75, 3.05) is 91.8 Å². The van der Waals surface area contributed by atoms with E-state index < -0.39 is 29.6 Å². The molecule has 0 unspecified atom stereocenters. The van der Waals surface area contributed by atoms with E-state index in [1.54, 1.807) is 73.0 Å². The summed E-state index contributed by atoms with van der Waals surface area (Å²) in [6.45, 7) is 28.8. The summed E-state index contributed by atoms with van der Waals surface area (Å²) in [6, 6.07) is 13.9. The van der Waals surface area contributed by atoms with Gasteiger partial charge in [-0.2, -0.15) is 13.2 Å². The molecule has 6 rings (SSSR count). The molecule has 4 saturated heterocycles. The Labute approximate surface area is 433 Å². The maximum atomic E-state index is 12.6. The SMILES string of the molecule is O=C(O)C(F)(F)F.[C-]#[N+]c1ccc(OCCCN2CCN(CCCCC3CCN(C(=O)OC(C)(C)C)CC3)C(=O)C2=O)cc1.[C-]#[N+]c1ccc(OCCCN2CCN(CCCCC3CCNCC3)C(=O)C2=O)cc1. The zero-order valence-corrected chi connectivity index (χ0v) is 43.0. The Morgan fingerprint density at radius 2 is 0.946 bits per heavy atom. The first-order chi connectivity index (χ1) is 35.3. The molecule has 4 heterocycles. The van der Waals surface area contributed by atoms with Crippen molar-refractivity contribution in [2.45, 2.75) is 110 Å². The highest BCUT2D eigenvalue weighted by atomic mass is 19.4. The largest absolute Gasteiger partial charge is 0.494 e. The second kappa shape index (κ2) is 30.6. The van der Waals surface area contributed by atoms with E-state index in [0.29, 0.717) is 107 Å². The molecule has 4 fully saturated rings. The first-order valence-corrected chi connectivity index (χ1v) is 25.6. The number of carboxylic acids is 1. The third-order valence-corrected chi connectivity index (χ3v) is 13.0. The molecule has 0 spiro atoms. The number of alkyl halides is 3. The number of piperazine rings is 2. The highest BCUT2D eigenvalue weighted by Crippen LogP contribution is 2.25. The number of carbonyl (C=O) groups is 6. The second-order valence-electron chi connectivity index (χ2n) is 19.7. The van der Waals surface area contributed by atoms with Gasteiger partial charge in [0, 0.05) is 65.4 Å². The molecule has 21 heteroatoms. The number of halogens is 3. The third kappa shape index (κ3) is 21.5. The molecule has 2 aromatic rings. The second-order valence-corrected chi connectivity index (χ2v) is 19.7. The summed E-state index contributed by atoms with van der Waals surface area (Å²) in [5.74, 6) is -1.55. The lowest BCUT2D eigenvalue weighted by Crippen LogP contribution is -2.54. The molecule has 0 bridgehead atoms. The van der Waals surface area contributed by atoms with Crippen LogP contribution in [0.2, 0.25) is 0 Å². The van der Waals surface area contributed by atoms with Crippen LogP contribution in [0.4, 0.5) is 29.3 Å². The number of unbranched alkanes of at least 4 members (excludes halogenated alkanes) is 2. The summed E-state index contributed by atoms with van der Waals surface area (Å²) in [5, 5.41) is 10.5. The fourth-order valence-electron chi connectivity index (χ4n) is 8.78. The number of hydrogen-bond donors (Lipinski definition) is 2. The number of ether oxygens (including phenoxy) is 3. The van der Waals surface area contributed by atoms with Gasteiger partial charge in [0.25, 0.3) is 0 Å². The van der Waals surface area contributed by atoms with Gasteiger partial charge in [0.05, 0.1) is 26.4 Å². The van der Waals surface area contributed by atoms with Crippen molar-refractivity contribution in [3.05, 3.63) is 71.4 Å².